The monoisotopic (exact) mass is 334 g/mol. The topological polar surface area (TPSA) is 81.8 Å². The van der Waals surface area contributed by atoms with Crippen LogP contribution < -0.4 is 0 Å². The number of nitrogens with zero attached hydrogens (tertiary/aromatic N) is 2. The first-order valence-electron chi connectivity index (χ1n) is 6.05. The van der Waals surface area contributed by atoms with E-state index in [4.69, 9.17) is 16.3 Å². The third-order valence-corrected chi connectivity index (χ3v) is 3.98. The largest absolute Gasteiger partial charge is 0.402 e. The van der Waals surface area contributed by atoms with Crippen LogP contribution in [0.1, 0.15) is 10.4 Å². The fourth-order valence-corrected chi connectivity index (χ4v) is 2.67. The van der Waals surface area contributed by atoms with Crippen LogP contribution in [0, 0.1) is 10.1 Å². The average Bonchev–Trinajstić information content (AvgIpc) is 3.10. The van der Waals surface area contributed by atoms with Gasteiger partial charge in [-0.1, -0.05) is 17.7 Å². The van der Waals surface area contributed by atoms with Crippen LogP contribution in [0.25, 0.3) is 6.08 Å². The molecule has 1 aliphatic rings. The molecule has 0 amide bonds. The van der Waals surface area contributed by atoms with Crippen molar-refractivity contribution >= 4 is 46.6 Å². The minimum absolute atomic E-state index is 0.0403. The van der Waals surface area contributed by atoms with Gasteiger partial charge in [-0.2, -0.15) is 0 Å². The number of non-ortho nitro benzene ring substituents is 1. The smallest absolute Gasteiger partial charge is 0.363 e. The fourth-order valence-electron chi connectivity index (χ4n) is 1.82. The van der Waals surface area contributed by atoms with Crippen molar-refractivity contribution in [3.8, 4) is 0 Å². The third kappa shape index (κ3) is 2.76. The molecule has 0 atom stereocenters. The van der Waals surface area contributed by atoms with E-state index >= 15 is 0 Å². The Labute approximate surface area is 133 Å². The average molecular weight is 335 g/mol. The molecule has 1 aromatic heterocycles. The molecule has 0 spiro atoms. The number of hydrogen-bond donors (Lipinski definition) is 0. The van der Waals surface area contributed by atoms with E-state index < -0.39 is 10.9 Å². The van der Waals surface area contributed by atoms with Crippen LogP contribution in [-0.2, 0) is 9.53 Å². The maximum atomic E-state index is 11.8. The van der Waals surface area contributed by atoms with E-state index in [2.05, 4.69) is 4.99 Å². The zero-order valence-corrected chi connectivity index (χ0v) is 12.4. The molecule has 0 radical (unpaired) electrons. The highest BCUT2D eigenvalue weighted by molar-refractivity contribution is 7.10. The number of nitro groups is 1. The molecule has 110 valence electrons. The Bertz CT molecular complexity index is 827. The van der Waals surface area contributed by atoms with E-state index in [0.717, 1.165) is 4.88 Å². The lowest BCUT2D eigenvalue weighted by Crippen LogP contribution is -2.06. The number of aliphatic imine (C=N–C) groups is 1. The minimum Gasteiger partial charge on any atom is -0.402 e. The molecule has 0 saturated heterocycles. The van der Waals surface area contributed by atoms with Crippen LogP contribution in [0.15, 0.2) is 46.4 Å². The predicted molar refractivity (Wildman–Crippen MR) is 83.0 cm³/mol. The number of thiophene rings is 1. The van der Waals surface area contributed by atoms with Gasteiger partial charge in [-0.25, -0.2) is 9.79 Å². The Kier molecular flexibility index (Phi) is 3.74. The summed E-state index contributed by atoms with van der Waals surface area (Å²) < 4.78 is 5.06. The molecule has 8 heteroatoms. The maximum Gasteiger partial charge on any atom is 0.363 e. The highest BCUT2D eigenvalue weighted by atomic mass is 35.5. The molecule has 0 unspecified atom stereocenters. The number of carbonyl (C=O) groups excluding carboxylic acids is 1. The standard InChI is InChI=1S/C14H7ClN2O4S/c15-11-4-3-8(17(19)20)6-10(11)13-16-12(14(18)21-13)7-9-2-1-5-22-9/h1-7H/b12-7+. The number of carbonyl (C=O) groups is 1. The number of ether oxygens (including phenoxy) is 1. The van der Waals surface area contributed by atoms with Gasteiger partial charge in [0.15, 0.2) is 5.70 Å². The second-order valence-corrected chi connectivity index (χ2v) is 5.66. The van der Waals surface area contributed by atoms with E-state index in [1.54, 1.807) is 6.08 Å². The highest BCUT2D eigenvalue weighted by Gasteiger charge is 2.27. The van der Waals surface area contributed by atoms with Gasteiger partial charge in [0, 0.05) is 17.0 Å². The second-order valence-electron chi connectivity index (χ2n) is 4.27. The summed E-state index contributed by atoms with van der Waals surface area (Å²) >= 11 is 7.46. The Hall–Kier alpha value is -2.51. The molecule has 2 aromatic rings. The Balaban J connectivity index is 2.01. The van der Waals surface area contributed by atoms with Crippen molar-refractivity contribution < 1.29 is 14.5 Å². The Morgan fingerprint density at radius 2 is 2.18 bits per heavy atom. The first-order valence-corrected chi connectivity index (χ1v) is 7.31. The number of nitro benzene ring substituents is 1. The molecule has 0 fully saturated rings. The van der Waals surface area contributed by atoms with E-state index in [0.29, 0.717) is 0 Å². The van der Waals surface area contributed by atoms with Gasteiger partial charge in [-0.3, -0.25) is 10.1 Å². The molecule has 6 nitrogen and oxygen atoms in total. The zero-order chi connectivity index (χ0) is 15.7. The summed E-state index contributed by atoms with van der Waals surface area (Å²) in [4.78, 5) is 27.0. The number of esters is 1. The van der Waals surface area contributed by atoms with E-state index in [9.17, 15) is 14.9 Å². The van der Waals surface area contributed by atoms with Crippen LogP contribution in [0.5, 0.6) is 0 Å². The van der Waals surface area contributed by atoms with Crippen molar-refractivity contribution in [2.45, 2.75) is 0 Å². The Morgan fingerprint density at radius 3 is 2.86 bits per heavy atom. The lowest BCUT2D eigenvalue weighted by atomic mass is 10.2. The summed E-state index contributed by atoms with van der Waals surface area (Å²) in [7, 11) is 0. The van der Waals surface area contributed by atoms with Gasteiger partial charge >= 0.3 is 5.97 Å². The normalized spacial score (nSPS) is 15.8. The molecule has 2 heterocycles. The van der Waals surface area contributed by atoms with Gasteiger partial charge in [0.25, 0.3) is 5.69 Å². The molecule has 3 rings (SSSR count). The third-order valence-electron chi connectivity index (χ3n) is 2.83. The summed E-state index contributed by atoms with van der Waals surface area (Å²) in [5, 5.41) is 12.9. The summed E-state index contributed by atoms with van der Waals surface area (Å²) in [6.45, 7) is 0. The van der Waals surface area contributed by atoms with E-state index in [-0.39, 0.29) is 27.9 Å². The number of rotatable bonds is 3. The first-order chi connectivity index (χ1) is 10.5. The van der Waals surface area contributed by atoms with Crippen molar-refractivity contribution in [1.82, 2.24) is 0 Å². The molecule has 1 aromatic carbocycles. The second kappa shape index (κ2) is 5.70. The quantitative estimate of drug-likeness (QED) is 0.371. The molecule has 0 saturated carbocycles. The number of benzene rings is 1. The van der Waals surface area contributed by atoms with Gasteiger partial charge in [0.2, 0.25) is 5.90 Å². The van der Waals surface area contributed by atoms with Crippen LogP contribution in [-0.4, -0.2) is 16.8 Å². The van der Waals surface area contributed by atoms with Crippen LogP contribution in [0.4, 0.5) is 5.69 Å². The molecular weight excluding hydrogens is 328 g/mol. The molecular formula is C14H7ClN2O4S. The van der Waals surface area contributed by atoms with Gasteiger partial charge in [-0.05, 0) is 23.6 Å². The SMILES string of the molecule is O=C1OC(c2cc([N+](=O)[O-])ccc2Cl)=N/C1=C/c1cccs1. The van der Waals surface area contributed by atoms with Crippen LogP contribution in [0.3, 0.4) is 0 Å². The lowest BCUT2D eigenvalue weighted by molar-refractivity contribution is -0.384. The minimum atomic E-state index is -0.619. The fraction of sp³-hybridized carbons (Fsp3) is 0. The molecule has 0 N–H and O–H groups in total. The van der Waals surface area contributed by atoms with Gasteiger partial charge in [0.1, 0.15) is 0 Å². The maximum absolute atomic E-state index is 11.8. The summed E-state index contributed by atoms with van der Waals surface area (Å²) in [6, 6.07) is 7.54. The van der Waals surface area contributed by atoms with Gasteiger partial charge < -0.3 is 4.74 Å². The zero-order valence-electron chi connectivity index (χ0n) is 10.9. The molecule has 22 heavy (non-hydrogen) atoms. The van der Waals surface area contributed by atoms with Gasteiger partial charge in [0.05, 0.1) is 15.5 Å². The lowest BCUT2D eigenvalue weighted by Gasteiger charge is -2.02. The van der Waals surface area contributed by atoms with E-state index in [1.807, 2.05) is 17.5 Å². The van der Waals surface area contributed by atoms with Crippen molar-refractivity contribution in [3.05, 3.63) is 67.0 Å². The summed E-state index contributed by atoms with van der Waals surface area (Å²) in [6.07, 6.45) is 1.59. The molecule has 0 bridgehead atoms. The first kappa shape index (κ1) is 14.4. The number of halogens is 1. The number of hydrogen-bond acceptors (Lipinski definition) is 6. The molecule has 1 aliphatic heterocycles. The summed E-state index contributed by atoms with van der Waals surface area (Å²) in [5.41, 5.74) is 0.174. The Morgan fingerprint density at radius 1 is 1.36 bits per heavy atom. The summed E-state index contributed by atoms with van der Waals surface area (Å²) in [5.74, 6) is -0.660. The van der Waals surface area contributed by atoms with Crippen LogP contribution >= 0.6 is 22.9 Å². The van der Waals surface area contributed by atoms with Crippen molar-refractivity contribution in [2.75, 3.05) is 0 Å². The number of cyclic esters (lactones) is 1. The van der Waals surface area contributed by atoms with E-state index in [1.165, 1.54) is 29.5 Å². The van der Waals surface area contributed by atoms with Crippen molar-refractivity contribution in [1.29, 1.82) is 0 Å². The van der Waals surface area contributed by atoms with Gasteiger partial charge in [-0.15, -0.1) is 11.3 Å². The predicted octanol–water partition coefficient (Wildman–Crippen LogP) is 3.65. The van der Waals surface area contributed by atoms with Crippen LogP contribution in [0.2, 0.25) is 5.02 Å². The highest BCUT2D eigenvalue weighted by Crippen LogP contribution is 2.27. The van der Waals surface area contributed by atoms with Crippen molar-refractivity contribution in [3.63, 3.8) is 0 Å². The molecule has 0 aliphatic carbocycles. The van der Waals surface area contributed by atoms with Crippen molar-refractivity contribution in [2.24, 2.45) is 4.99 Å².